The second-order valence-electron chi connectivity index (χ2n) is 7.51. The van der Waals surface area contributed by atoms with Crippen molar-refractivity contribution in [2.75, 3.05) is 44.3 Å². The normalized spacial score (nSPS) is 20.5. The minimum atomic E-state index is -3.97. The lowest BCUT2D eigenvalue weighted by atomic mass is 10.2. The second-order valence-corrected chi connectivity index (χ2v) is 9.40. The van der Waals surface area contributed by atoms with Crippen LogP contribution >= 0.6 is 0 Å². The number of anilines is 1. The van der Waals surface area contributed by atoms with Crippen molar-refractivity contribution in [2.45, 2.75) is 17.4 Å². The number of amides is 2. The first-order valence-corrected chi connectivity index (χ1v) is 11.7. The number of morpholine rings is 1. The van der Waals surface area contributed by atoms with E-state index in [1.807, 2.05) is 0 Å². The number of hydrogen-bond acceptors (Lipinski definition) is 6. The molecule has 164 valence electrons. The van der Waals surface area contributed by atoms with Gasteiger partial charge in [-0.2, -0.15) is 4.31 Å². The van der Waals surface area contributed by atoms with E-state index >= 15 is 0 Å². The Balaban J connectivity index is 1.63. The number of carbonyl (C=O) groups is 2. The Morgan fingerprint density at radius 3 is 2.19 bits per heavy atom. The van der Waals surface area contributed by atoms with E-state index < -0.39 is 27.9 Å². The molecule has 0 aromatic heterocycles. The fourth-order valence-electron chi connectivity index (χ4n) is 3.93. The van der Waals surface area contributed by atoms with Gasteiger partial charge in [0.05, 0.1) is 30.2 Å². The smallest absolute Gasteiger partial charge is 0.252 e. The van der Waals surface area contributed by atoms with Crippen LogP contribution in [0.2, 0.25) is 0 Å². The van der Waals surface area contributed by atoms with Crippen LogP contribution in [0, 0.1) is 0 Å². The number of sulfonamides is 1. The van der Waals surface area contributed by atoms with Crippen LogP contribution in [0.15, 0.2) is 65.6 Å². The molecule has 0 N–H and O–H groups in total. The van der Waals surface area contributed by atoms with E-state index in [0.717, 1.165) is 4.90 Å². The Bertz CT molecular complexity index is 1020. The van der Waals surface area contributed by atoms with E-state index in [9.17, 15) is 18.0 Å². The molecule has 9 heteroatoms. The summed E-state index contributed by atoms with van der Waals surface area (Å²) in [5.41, 5.74) is 0.449. The SMILES string of the molecule is O=C1CC(N(CCN2CCOCC2)S(=O)(=O)c2ccccc2)C(=O)N1c1ccccc1. The molecule has 2 aromatic carbocycles. The molecule has 2 aromatic rings. The summed E-state index contributed by atoms with van der Waals surface area (Å²) in [7, 11) is -3.97. The summed E-state index contributed by atoms with van der Waals surface area (Å²) in [6.07, 6.45) is -0.178. The maximum Gasteiger partial charge on any atom is 0.252 e. The minimum Gasteiger partial charge on any atom is -0.379 e. The van der Waals surface area contributed by atoms with Crippen molar-refractivity contribution >= 4 is 27.5 Å². The first-order chi connectivity index (χ1) is 15.0. The van der Waals surface area contributed by atoms with Crippen molar-refractivity contribution < 1.29 is 22.7 Å². The lowest BCUT2D eigenvalue weighted by Crippen LogP contribution is -2.49. The Kier molecular flexibility index (Phi) is 6.47. The van der Waals surface area contributed by atoms with Gasteiger partial charge in [0.15, 0.2) is 0 Å². The highest BCUT2D eigenvalue weighted by Gasteiger charge is 2.46. The number of hydrogen-bond donors (Lipinski definition) is 0. The molecule has 2 saturated heterocycles. The van der Waals surface area contributed by atoms with Gasteiger partial charge < -0.3 is 4.74 Å². The van der Waals surface area contributed by atoms with Crippen molar-refractivity contribution in [2.24, 2.45) is 0 Å². The van der Waals surface area contributed by atoms with Crippen molar-refractivity contribution in [1.29, 1.82) is 0 Å². The summed E-state index contributed by atoms with van der Waals surface area (Å²) >= 11 is 0. The summed E-state index contributed by atoms with van der Waals surface area (Å²) in [6.45, 7) is 3.16. The van der Waals surface area contributed by atoms with Crippen LogP contribution in [0.4, 0.5) is 5.69 Å². The van der Waals surface area contributed by atoms with E-state index in [-0.39, 0.29) is 17.9 Å². The summed E-state index contributed by atoms with van der Waals surface area (Å²) in [5.74, 6) is -0.918. The van der Waals surface area contributed by atoms with Gasteiger partial charge in [0.1, 0.15) is 6.04 Å². The van der Waals surface area contributed by atoms with Crippen molar-refractivity contribution in [3.8, 4) is 0 Å². The molecule has 31 heavy (non-hydrogen) atoms. The zero-order valence-electron chi connectivity index (χ0n) is 17.1. The maximum atomic E-state index is 13.5. The molecule has 0 spiro atoms. The zero-order chi connectivity index (χ0) is 21.8. The molecule has 0 bridgehead atoms. The molecule has 0 aliphatic carbocycles. The molecule has 2 aliphatic rings. The van der Waals surface area contributed by atoms with Gasteiger partial charge in [0.25, 0.3) is 5.91 Å². The molecule has 2 aliphatic heterocycles. The minimum absolute atomic E-state index is 0.107. The number of ether oxygens (including phenoxy) is 1. The fraction of sp³-hybridized carbons (Fsp3) is 0.364. The third kappa shape index (κ3) is 4.54. The molecule has 1 unspecified atom stereocenters. The number of carbonyl (C=O) groups excluding carboxylic acids is 2. The highest BCUT2D eigenvalue weighted by Crippen LogP contribution is 2.29. The second kappa shape index (κ2) is 9.27. The molecule has 2 fully saturated rings. The van der Waals surface area contributed by atoms with Gasteiger partial charge in [-0.3, -0.25) is 14.5 Å². The maximum absolute atomic E-state index is 13.5. The predicted octanol–water partition coefficient (Wildman–Crippen LogP) is 1.34. The van der Waals surface area contributed by atoms with E-state index in [4.69, 9.17) is 4.74 Å². The van der Waals surface area contributed by atoms with Gasteiger partial charge in [-0.15, -0.1) is 0 Å². The van der Waals surface area contributed by atoms with Crippen molar-refractivity contribution in [3.05, 3.63) is 60.7 Å². The molecular formula is C22H25N3O5S. The molecule has 2 amide bonds. The molecule has 1 atom stereocenters. The van der Waals surface area contributed by atoms with E-state index in [1.165, 1.54) is 16.4 Å². The van der Waals surface area contributed by atoms with E-state index in [1.54, 1.807) is 48.5 Å². The molecular weight excluding hydrogens is 418 g/mol. The standard InChI is InChI=1S/C22H25N3O5S/c26-21-17-20(22(27)25(21)18-7-3-1-4-8-18)24(12-11-23-13-15-30-16-14-23)31(28,29)19-9-5-2-6-10-19/h1-10,20H,11-17H2. The number of imide groups is 1. The van der Waals surface area contributed by atoms with Gasteiger partial charge >= 0.3 is 0 Å². The molecule has 0 saturated carbocycles. The topological polar surface area (TPSA) is 87.2 Å². The van der Waals surface area contributed by atoms with Crippen LogP contribution in [-0.4, -0.2) is 74.9 Å². The molecule has 2 heterocycles. The summed E-state index contributed by atoms with van der Waals surface area (Å²) in [6, 6.07) is 15.6. The fourth-order valence-corrected chi connectivity index (χ4v) is 5.52. The summed E-state index contributed by atoms with van der Waals surface area (Å²) in [5, 5.41) is 0. The molecule has 4 rings (SSSR count). The third-order valence-electron chi connectivity index (χ3n) is 5.57. The van der Waals surface area contributed by atoms with Crippen LogP contribution < -0.4 is 4.90 Å². The van der Waals surface area contributed by atoms with Crippen molar-refractivity contribution in [1.82, 2.24) is 9.21 Å². The summed E-state index contributed by atoms with van der Waals surface area (Å²) in [4.78, 5) is 29.3. The van der Waals surface area contributed by atoms with Gasteiger partial charge in [-0.1, -0.05) is 36.4 Å². The zero-order valence-corrected chi connectivity index (χ0v) is 17.9. The van der Waals surface area contributed by atoms with Gasteiger partial charge in [0, 0.05) is 26.2 Å². The van der Waals surface area contributed by atoms with E-state index in [2.05, 4.69) is 4.90 Å². The highest BCUT2D eigenvalue weighted by molar-refractivity contribution is 7.89. The Morgan fingerprint density at radius 1 is 0.935 bits per heavy atom. The third-order valence-corrected chi connectivity index (χ3v) is 7.50. The first-order valence-electron chi connectivity index (χ1n) is 10.3. The van der Waals surface area contributed by atoms with Crippen LogP contribution in [-0.2, 0) is 24.3 Å². The number of rotatable bonds is 7. The van der Waals surface area contributed by atoms with Gasteiger partial charge in [0.2, 0.25) is 15.9 Å². The monoisotopic (exact) mass is 443 g/mol. The van der Waals surface area contributed by atoms with Crippen molar-refractivity contribution in [3.63, 3.8) is 0 Å². The summed E-state index contributed by atoms with van der Waals surface area (Å²) < 4.78 is 33.5. The number of benzene rings is 2. The van der Waals surface area contributed by atoms with Crippen LogP contribution in [0.1, 0.15) is 6.42 Å². The van der Waals surface area contributed by atoms with Crippen LogP contribution in [0.5, 0.6) is 0 Å². The number of nitrogens with zero attached hydrogens (tertiary/aromatic N) is 3. The Morgan fingerprint density at radius 2 is 1.55 bits per heavy atom. The average molecular weight is 444 g/mol. The largest absolute Gasteiger partial charge is 0.379 e. The molecule has 0 radical (unpaired) electrons. The lowest BCUT2D eigenvalue weighted by Gasteiger charge is -2.31. The first kappa shape index (κ1) is 21.6. The average Bonchev–Trinajstić information content (AvgIpc) is 3.09. The Labute approximate surface area is 182 Å². The van der Waals surface area contributed by atoms with Crippen LogP contribution in [0.3, 0.4) is 0 Å². The van der Waals surface area contributed by atoms with Gasteiger partial charge in [-0.25, -0.2) is 13.3 Å². The predicted molar refractivity (Wildman–Crippen MR) is 115 cm³/mol. The van der Waals surface area contributed by atoms with Gasteiger partial charge in [-0.05, 0) is 24.3 Å². The molecule has 8 nitrogen and oxygen atoms in total. The van der Waals surface area contributed by atoms with Crippen LogP contribution in [0.25, 0.3) is 0 Å². The highest BCUT2D eigenvalue weighted by atomic mass is 32.2. The lowest BCUT2D eigenvalue weighted by molar-refractivity contribution is -0.122. The number of para-hydroxylation sites is 1. The quantitative estimate of drug-likeness (QED) is 0.601. The Hall–Kier alpha value is -2.59. The van der Waals surface area contributed by atoms with E-state index in [0.29, 0.717) is 38.5 Å².